The van der Waals surface area contributed by atoms with E-state index in [1.54, 1.807) is 0 Å². The van der Waals surface area contributed by atoms with Gasteiger partial charge in [-0.1, -0.05) is 56.5 Å². The van der Waals surface area contributed by atoms with Crippen molar-refractivity contribution in [3.8, 4) is 0 Å². The lowest BCUT2D eigenvalue weighted by atomic mass is 9.63. The summed E-state index contributed by atoms with van der Waals surface area (Å²) in [5.41, 5.74) is 3.37. The van der Waals surface area contributed by atoms with Gasteiger partial charge in [-0.3, -0.25) is 0 Å². The summed E-state index contributed by atoms with van der Waals surface area (Å²) in [5, 5.41) is 0. The predicted octanol–water partition coefficient (Wildman–Crippen LogP) is 6.25. The van der Waals surface area contributed by atoms with Gasteiger partial charge < -0.3 is 4.74 Å². The van der Waals surface area contributed by atoms with Gasteiger partial charge in [0.1, 0.15) is 0 Å². The van der Waals surface area contributed by atoms with Gasteiger partial charge in [-0.15, -0.1) is 0 Å². The quantitative estimate of drug-likeness (QED) is 0.578. The first-order valence-corrected chi connectivity index (χ1v) is 9.30. The van der Waals surface area contributed by atoms with Crippen LogP contribution in [-0.4, -0.2) is 12.7 Å². The van der Waals surface area contributed by atoms with E-state index in [9.17, 15) is 0 Å². The molecule has 1 heteroatoms. The number of rotatable bonds is 7. The van der Waals surface area contributed by atoms with E-state index in [1.165, 1.54) is 56.1 Å². The minimum Gasteiger partial charge on any atom is -0.378 e. The van der Waals surface area contributed by atoms with E-state index in [-0.39, 0.29) is 0 Å². The van der Waals surface area contributed by atoms with Crippen molar-refractivity contribution in [2.45, 2.75) is 84.7 Å². The normalized spacial score (nSPS) is 24.4. The van der Waals surface area contributed by atoms with Gasteiger partial charge in [0.25, 0.3) is 0 Å². The number of hydrogen-bond donors (Lipinski definition) is 0. The molecule has 1 aromatic rings. The van der Waals surface area contributed by atoms with E-state index in [0.717, 1.165) is 6.61 Å². The molecule has 1 aromatic carbocycles. The second-order valence-corrected chi connectivity index (χ2v) is 7.33. The Morgan fingerprint density at radius 1 is 1.00 bits per heavy atom. The molecule has 0 heterocycles. The van der Waals surface area contributed by atoms with E-state index in [4.69, 9.17) is 4.74 Å². The summed E-state index contributed by atoms with van der Waals surface area (Å²) < 4.78 is 6.11. The zero-order valence-corrected chi connectivity index (χ0v) is 15.0. The SMILES string of the molecule is CCCC1(CCC)CC(OCC)CC(c2ccc(C)cc2)C1. The van der Waals surface area contributed by atoms with Gasteiger partial charge in [0, 0.05) is 6.61 Å². The highest BCUT2D eigenvalue weighted by atomic mass is 16.5. The van der Waals surface area contributed by atoms with Crippen LogP contribution >= 0.6 is 0 Å². The Kier molecular flexibility index (Phi) is 6.50. The highest BCUT2D eigenvalue weighted by molar-refractivity contribution is 5.25. The molecular weight excluding hydrogens is 268 g/mol. The van der Waals surface area contributed by atoms with Crippen molar-refractivity contribution in [3.05, 3.63) is 35.4 Å². The number of hydrogen-bond acceptors (Lipinski definition) is 1. The average Bonchev–Trinajstić information content (AvgIpc) is 2.48. The molecule has 0 spiro atoms. The minimum absolute atomic E-state index is 0.447. The van der Waals surface area contributed by atoms with Crippen LogP contribution < -0.4 is 0 Å². The van der Waals surface area contributed by atoms with E-state index >= 15 is 0 Å². The van der Waals surface area contributed by atoms with Gasteiger partial charge in [-0.2, -0.15) is 0 Å². The van der Waals surface area contributed by atoms with E-state index < -0.39 is 0 Å². The third-order valence-corrected chi connectivity index (χ3v) is 5.40. The average molecular weight is 303 g/mol. The maximum absolute atomic E-state index is 6.11. The summed E-state index contributed by atoms with van der Waals surface area (Å²) in [7, 11) is 0. The first kappa shape index (κ1) is 17.5. The lowest BCUT2D eigenvalue weighted by Gasteiger charge is -2.45. The molecule has 1 aliphatic rings. The second kappa shape index (κ2) is 8.15. The van der Waals surface area contributed by atoms with Gasteiger partial charge >= 0.3 is 0 Å². The fraction of sp³-hybridized carbons (Fsp3) is 0.714. The van der Waals surface area contributed by atoms with Crippen molar-refractivity contribution < 1.29 is 4.74 Å². The Hall–Kier alpha value is -0.820. The van der Waals surface area contributed by atoms with Crippen LogP contribution in [0.15, 0.2) is 24.3 Å². The Morgan fingerprint density at radius 2 is 1.64 bits per heavy atom. The molecule has 0 bridgehead atoms. The Bertz CT molecular complexity index is 428. The molecule has 0 N–H and O–H groups in total. The van der Waals surface area contributed by atoms with E-state index in [1.807, 2.05) is 0 Å². The Balaban J connectivity index is 2.23. The topological polar surface area (TPSA) is 9.23 Å². The number of ether oxygens (including phenoxy) is 1. The lowest BCUT2D eigenvalue weighted by Crippen LogP contribution is -2.36. The van der Waals surface area contributed by atoms with Crippen molar-refractivity contribution in [1.82, 2.24) is 0 Å². The molecule has 2 atom stereocenters. The van der Waals surface area contributed by atoms with Gasteiger partial charge in [0.2, 0.25) is 0 Å². The van der Waals surface area contributed by atoms with Gasteiger partial charge in [-0.25, -0.2) is 0 Å². The molecule has 2 unspecified atom stereocenters. The summed E-state index contributed by atoms with van der Waals surface area (Å²) in [6.45, 7) is 9.83. The molecule has 1 fully saturated rings. The summed E-state index contributed by atoms with van der Waals surface area (Å²) in [5.74, 6) is 0.670. The summed E-state index contributed by atoms with van der Waals surface area (Å²) >= 11 is 0. The van der Waals surface area contributed by atoms with Crippen LogP contribution in [0.2, 0.25) is 0 Å². The van der Waals surface area contributed by atoms with Gasteiger partial charge in [0.05, 0.1) is 6.10 Å². The third kappa shape index (κ3) is 4.35. The van der Waals surface area contributed by atoms with Crippen LogP contribution in [0.5, 0.6) is 0 Å². The van der Waals surface area contributed by atoms with E-state index in [2.05, 4.69) is 52.0 Å². The fourth-order valence-electron chi connectivity index (χ4n) is 4.62. The maximum Gasteiger partial charge on any atom is 0.0586 e. The first-order valence-electron chi connectivity index (χ1n) is 9.30. The van der Waals surface area contributed by atoms with Crippen molar-refractivity contribution in [2.24, 2.45) is 5.41 Å². The molecule has 124 valence electrons. The van der Waals surface area contributed by atoms with Crippen LogP contribution in [0.3, 0.4) is 0 Å². The molecule has 1 saturated carbocycles. The van der Waals surface area contributed by atoms with Gasteiger partial charge in [-0.05, 0) is 62.8 Å². The van der Waals surface area contributed by atoms with Crippen LogP contribution in [0.4, 0.5) is 0 Å². The predicted molar refractivity (Wildman–Crippen MR) is 95.4 cm³/mol. The molecule has 22 heavy (non-hydrogen) atoms. The van der Waals surface area contributed by atoms with Crippen LogP contribution in [0.25, 0.3) is 0 Å². The summed E-state index contributed by atoms with van der Waals surface area (Å²) in [6.07, 6.45) is 9.56. The second-order valence-electron chi connectivity index (χ2n) is 7.33. The molecule has 2 rings (SSSR count). The highest BCUT2D eigenvalue weighted by Crippen LogP contribution is 2.50. The molecule has 0 amide bonds. The summed E-state index contributed by atoms with van der Waals surface area (Å²) in [6, 6.07) is 9.22. The molecule has 0 aromatic heterocycles. The van der Waals surface area contributed by atoms with Gasteiger partial charge in [0.15, 0.2) is 0 Å². The lowest BCUT2D eigenvalue weighted by molar-refractivity contribution is -0.0256. The highest BCUT2D eigenvalue weighted by Gasteiger charge is 2.40. The molecule has 0 radical (unpaired) electrons. The standard InChI is InChI=1S/C21H34O/c1-5-12-21(13-6-2)15-19(14-20(16-21)22-7-3)18-10-8-17(4)9-11-18/h8-11,19-20H,5-7,12-16H2,1-4H3. The third-order valence-electron chi connectivity index (χ3n) is 5.40. The molecule has 1 nitrogen and oxygen atoms in total. The molecule has 0 saturated heterocycles. The van der Waals surface area contributed by atoms with Crippen molar-refractivity contribution >= 4 is 0 Å². The molecule has 0 aliphatic heterocycles. The van der Waals surface area contributed by atoms with Crippen LogP contribution in [-0.2, 0) is 4.74 Å². The molecular formula is C21H34O. The first-order chi connectivity index (χ1) is 10.6. The maximum atomic E-state index is 6.11. The Labute approximate surface area is 137 Å². The van der Waals surface area contributed by atoms with E-state index in [0.29, 0.717) is 17.4 Å². The van der Waals surface area contributed by atoms with Crippen molar-refractivity contribution in [2.75, 3.05) is 6.61 Å². The van der Waals surface area contributed by atoms with Crippen molar-refractivity contribution in [3.63, 3.8) is 0 Å². The smallest absolute Gasteiger partial charge is 0.0586 e. The van der Waals surface area contributed by atoms with Crippen molar-refractivity contribution in [1.29, 1.82) is 0 Å². The zero-order valence-electron chi connectivity index (χ0n) is 15.0. The largest absolute Gasteiger partial charge is 0.378 e. The van der Waals surface area contributed by atoms with Crippen LogP contribution in [0.1, 0.15) is 82.8 Å². The molecule has 1 aliphatic carbocycles. The monoisotopic (exact) mass is 302 g/mol. The van der Waals surface area contributed by atoms with Crippen LogP contribution in [0, 0.1) is 12.3 Å². The zero-order chi connectivity index (χ0) is 16.0. The minimum atomic E-state index is 0.447. The number of aryl methyl sites for hydroxylation is 1. The number of benzene rings is 1. The summed E-state index contributed by atoms with van der Waals surface area (Å²) in [4.78, 5) is 0. The fourth-order valence-corrected chi connectivity index (χ4v) is 4.62. The Morgan fingerprint density at radius 3 is 2.18 bits per heavy atom.